The van der Waals surface area contributed by atoms with Gasteiger partial charge < -0.3 is 18.3 Å². The molecule has 9 aromatic carbocycles. The van der Waals surface area contributed by atoms with Crippen molar-refractivity contribution in [3.05, 3.63) is 202 Å². The zero-order valence-electron chi connectivity index (χ0n) is 60.4. The molecule has 0 spiro atoms. The molecule has 0 saturated heterocycles. The molecule has 13 rings (SSSR count). The van der Waals surface area contributed by atoms with Crippen molar-refractivity contribution in [2.24, 2.45) is 0 Å². The van der Waals surface area contributed by atoms with Crippen molar-refractivity contribution in [1.82, 2.24) is 18.3 Å². The van der Waals surface area contributed by atoms with Crippen molar-refractivity contribution in [2.45, 2.75) is 216 Å². The van der Waals surface area contributed by atoms with Gasteiger partial charge in [-0.3, -0.25) is 0 Å². The maximum Gasteiger partial charge on any atom is 0.420 e. The Kier molecular flexibility index (Phi) is 14.3. The molecule has 0 bridgehead atoms. The third-order valence-corrected chi connectivity index (χ3v) is 20.4. The highest BCUT2D eigenvalue weighted by Gasteiger charge is 2.44. The van der Waals surface area contributed by atoms with Crippen molar-refractivity contribution < 1.29 is 13.2 Å². The van der Waals surface area contributed by atoms with Crippen LogP contribution in [0.4, 0.5) is 13.2 Å². The molecule has 4 aromatic heterocycles. The first-order chi connectivity index (χ1) is 43.3. The molecule has 94 heavy (non-hydrogen) atoms. The molecule has 0 aliphatic heterocycles. The Balaban J connectivity index is 1.38. The molecular formula is C87H97F3N4. The smallest absolute Gasteiger partial charge is 0.307 e. The number of benzene rings is 9. The van der Waals surface area contributed by atoms with Gasteiger partial charge in [0.05, 0.1) is 66.9 Å². The Labute approximate surface area is 555 Å². The number of rotatable bonds is 4. The second-order valence-corrected chi connectivity index (χ2v) is 35.7. The predicted octanol–water partition coefficient (Wildman–Crippen LogP) is 25.5. The van der Waals surface area contributed by atoms with Crippen LogP contribution < -0.4 is 0 Å². The molecular weight excluding hydrogens is 1160 g/mol. The van der Waals surface area contributed by atoms with Crippen molar-refractivity contribution in [2.75, 3.05) is 0 Å². The molecule has 0 aliphatic rings. The molecule has 0 N–H and O–H groups in total. The minimum atomic E-state index is -5.01. The standard InChI is InChI=1S/C87H97F3N4/c1-79(2,3)50-25-33-66-58(41-50)59-42-51(80(4,5)6)26-34-67(59)91(66)74-49-75(92-68-35-27-52(81(7,8)9)43-60(68)61-44-53(82(10,11)12)28-36-69(61)92)78(94-72-39-31-56(85(19,20)21)47-64(72)65-48-57(86(22,23)24)32-40-73(65)94)76(87(88,89)90)77(74)93-70-37-29-54(83(13,14)15)45-62(70)63-46-55(84(16,17)18)30-38-71(63)93/h25-49H,1-24H3. The second kappa shape index (κ2) is 20.7. The van der Waals surface area contributed by atoms with Crippen LogP contribution in [-0.2, 0) is 49.5 Å². The number of halogens is 3. The topological polar surface area (TPSA) is 19.7 Å². The summed E-state index contributed by atoms with van der Waals surface area (Å²) in [6, 6.07) is 54.7. The molecule has 0 atom stereocenters. The van der Waals surface area contributed by atoms with Crippen molar-refractivity contribution in [1.29, 1.82) is 0 Å². The summed E-state index contributed by atoms with van der Waals surface area (Å²) >= 11 is 0. The average Bonchev–Trinajstić information content (AvgIpc) is 1.48. The first-order valence-electron chi connectivity index (χ1n) is 34.0. The number of hydrogen-bond donors (Lipinski definition) is 0. The van der Waals surface area contributed by atoms with E-state index in [0.717, 1.165) is 110 Å². The predicted molar refractivity (Wildman–Crippen MR) is 398 cm³/mol. The highest BCUT2D eigenvalue weighted by atomic mass is 19.4. The number of alkyl halides is 3. The SMILES string of the molecule is CC(C)(C)c1ccc2c(c1)c1cc(C(C)(C)C)ccc1n2-c1cc(-n2c3ccc(C(C)(C)C)cc3c3cc(C(C)(C)C)ccc32)c(-n2c3ccc(C(C)(C)C)cc3c3cc(C(C)(C)C)ccc32)c(C(F)(F)F)c1-n1c2ccc(C(C)(C)C)cc2c2cc(C(C)(C)C)ccc21. The van der Waals surface area contributed by atoms with Gasteiger partial charge >= 0.3 is 6.18 Å². The van der Waals surface area contributed by atoms with Crippen LogP contribution >= 0.6 is 0 Å². The van der Waals surface area contributed by atoms with Crippen molar-refractivity contribution in [3.8, 4) is 22.7 Å². The molecule has 0 radical (unpaired) electrons. The second-order valence-electron chi connectivity index (χ2n) is 35.7. The van der Waals surface area contributed by atoms with Gasteiger partial charge in [-0.05, 0) is 191 Å². The summed E-state index contributed by atoms with van der Waals surface area (Å²) in [7, 11) is 0. The van der Waals surface area contributed by atoms with E-state index in [1.807, 2.05) is 9.13 Å². The summed E-state index contributed by atoms with van der Waals surface area (Å²) < 4.78 is 65.9. The van der Waals surface area contributed by atoms with Crippen LogP contribution in [-0.4, -0.2) is 18.3 Å². The fourth-order valence-electron chi connectivity index (χ4n) is 14.5. The monoisotopic (exact) mass is 1250 g/mol. The van der Waals surface area contributed by atoms with Crippen LogP contribution in [0.25, 0.3) is 110 Å². The van der Waals surface area contributed by atoms with Gasteiger partial charge in [0.15, 0.2) is 0 Å². The van der Waals surface area contributed by atoms with E-state index < -0.39 is 11.7 Å². The van der Waals surface area contributed by atoms with E-state index >= 15 is 13.2 Å². The Hall–Kier alpha value is -8.03. The van der Waals surface area contributed by atoms with Crippen molar-refractivity contribution in [3.63, 3.8) is 0 Å². The number of aromatic nitrogens is 4. The van der Waals surface area contributed by atoms with E-state index in [0.29, 0.717) is 33.4 Å². The Morgan fingerprint density at radius 3 is 0.489 bits per heavy atom. The number of nitrogens with zero attached hydrogens (tertiary/aromatic N) is 4. The van der Waals surface area contributed by atoms with Gasteiger partial charge in [0.1, 0.15) is 5.56 Å². The molecule has 7 heteroatoms. The minimum absolute atomic E-state index is 0.0512. The molecule has 0 amide bonds. The highest BCUT2D eigenvalue weighted by molar-refractivity contribution is 6.16. The molecule has 0 saturated carbocycles. The van der Waals surface area contributed by atoms with Crippen LogP contribution in [0, 0.1) is 0 Å². The first kappa shape index (κ1) is 64.7. The normalized spacial score (nSPS) is 13.9. The average molecular weight is 1260 g/mol. The van der Waals surface area contributed by atoms with Crippen LogP contribution in [0.3, 0.4) is 0 Å². The lowest BCUT2D eigenvalue weighted by Gasteiger charge is -2.29. The van der Waals surface area contributed by atoms with Crippen LogP contribution in [0.15, 0.2) is 152 Å². The van der Waals surface area contributed by atoms with E-state index in [-0.39, 0.29) is 54.7 Å². The van der Waals surface area contributed by atoms with Gasteiger partial charge in [-0.15, -0.1) is 0 Å². The van der Waals surface area contributed by atoms with Crippen molar-refractivity contribution >= 4 is 87.2 Å². The fourth-order valence-corrected chi connectivity index (χ4v) is 14.5. The summed E-state index contributed by atoms with van der Waals surface area (Å²) in [5, 5.41) is 7.54. The zero-order chi connectivity index (χ0) is 68.2. The largest absolute Gasteiger partial charge is 0.420 e. The van der Waals surface area contributed by atoms with Gasteiger partial charge in [0, 0.05) is 43.1 Å². The molecule has 0 unspecified atom stereocenters. The van der Waals surface area contributed by atoms with Gasteiger partial charge in [0.25, 0.3) is 0 Å². The minimum Gasteiger partial charge on any atom is -0.307 e. The van der Waals surface area contributed by atoms with Crippen LogP contribution in [0.1, 0.15) is 216 Å². The van der Waals surface area contributed by atoms with Gasteiger partial charge in [-0.25, -0.2) is 0 Å². The highest BCUT2D eigenvalue weighted by Crippen LogP contribution is 2.53. The first-order valence-corrected chi connectivity index (χ1v) is 34.0. The molecule has 0 fully saturated rings. The lowest BCUT2D eigenvalue weighted by Crippen LogP contribution is -2.21. The van der Waals surface area contributed by atoms with E-state index in [4.69, 9.17) is 0 Å². The maximum absolute atomic E-state index is 19.2. The molecule has 13 aromatic rings. The van der Waals surface area contributed by atoms with Gasteiger partial charge in [-0.1, -0.05) is 215 Å². The maximum atomic E-state index is 19.2. The quantitative estimate of drug-likeness (QED) is 0.167. The number of hydrogen-bond acceptors (Lipinski definition) is 0. The molecule has 0 aliphatic carbocycles. The Morgan fingerprint density at radius 1 is 0.202 bits per heavy atom. The van der Waals surface area contributed by atoms with Crippen LogP contribution in [0.5, 0.6) is 0 Å². The summed E-state index contributed by atoms with van der Waals surface area (Å²) in [5.74, 6) is 0. The third-order valence-electron chi connectivity index (χ3n) is 20.4. The van der Waals surface area contributed by atoms with Crippen LogP contribution in [0.2, 0.25) is 0 Å². The van der Waals surface area contributed by atoms with Gasteiger partial charge in [0.2, 0.25) is 0 Å². The van der Waals surface area contributed by atoms with E-state index in [1.165, 1.54) is 0 Å². The summed E-state index contributed by atoms with van der Waals surface area (Å²) in [5.41, 5.74) is 13.3. The lowest BCUT2D eigenvalue weighted by molar-refractivity contribution is -0.137. The molecule has 486 valence electrons. The third kappa shape index (κ3) is 10.6. The summed E-state index contributed by atoms with van der Waals surface area (Å²) in [6.07, 6.45) is -5.01. The lowest BCUT2D eigenvalue weighted by atomic mass is 9.85. The summed E-state index contributed by atoms with van der Waals surface area (Å²) in [4.78, 5) is 0. The molecule has 4 heterocycles. The fraction of sp³-hybridized carbons (Fsp3) is 0.379. The van der Waals surface area contributed by atoms with E-state index in [2.05, 4.69) is 327 Å². The Bertz CT molecular complexity index is 4680. The van der Waals surface area contributed by atoms with E-state index in [9.17, 15) is 0 Å². The van der Waals surface area contributed by atoms with Gasteiger partial charge in [-0.2, -0.15) is 13.2 Å². The zero-order valence-corrected chi connectivity index (χ0v) is 60.4. The molecule has 4 nitrogen and oxygen atoms in total. The summed E-state index contributed by atoms with van der Waals surface area (Å²) in [6.45, 7) is 53.3. The number of fused-ring (bicyclic) bond motifs is 12. The van der Waals surface area contributed by atoms with E-state index in [1.54, 1.807) is 0 Å². The Morgan fingerprint density at radius 2 is 0.351 bits per heavy atom.